The van der Waals surface area contributed by atoms with Crippen LogP contribution in [0.2, 0.25) is 0 Å². The number of aryl methyl sites for hydroxylation is 2. The molecular formula is C17H19FO3. The summed E-state index contributed by atoms with van der Waals surface area (Å²) in [5.74, 6) is 0.243. The molecule has 3 nitrogen and oxygen atoms in total. The van der Waals surface area contributed by atoms with Crippen LogP contribution < -0.4 is 9.47 Å². The van der Waals surface area contributed by atoms with E-state index in [0.717, 1.165) is 11.1 Å². The van der Waals surface area contributed by atoms with Gasteiger partial charge in [-0.05, 0) is 48.7 Å². The van der Waals surface area contributed by atoms with Gasteiger partial charge in [0.15, 0.2) is 11.6 Å². The number of rotatable bonds is 4. The van der Waals surface area contributed by atoms with Crippen molar-refractivity contribution in [1.82, 2.24) is 0 Å². The number of aliphatic hydroxyl groups is 1. The second-order valence-corrected chi connectivity index (χ2v) is 4.99. The number of aliphatic hydroxyl groups excluding tert-OH is 1. The van der Waals surface area contributed by atoms with E-state index in [0.29, 0.717) is 16.9 Å². The molecule has 1 unspecified atom stereocenters. The molecule has 0 bridgehead atoms. The van der Waals surface area contributed by atoms with Gasteiger partial charge in [-0.1, -0.05) is 12.1 Å². The van der Waals surface area contributed by atoms with Crippen LogP contribution in [0.4, 0.5) is 4.39 Å². The van der Waals surface area contributed by atoms with Gasteiger partial charge in [-0.3, -0.25) is 0 Å². The number of halogens is 1. The lowest BCUT2D eigenvalue weighted by molar-refractivity contribution is 0.213. The molecule has 0 amide bonds. The van der Waals surface area contributed by atoms with Crippen LogP contribution in [-0.4, -0.2) is 19.3 Å². The standard InChI is InChI=1S/C17H19FO3/c1-10-7-11(2)16(15(8-10)21-4)17(19)12-5-6-14(20-3)13(18)9-12/h5-9,17,19H,1-4H3. The van der Waals surface area contributed by atoms with Gasteiger partial charge < -0.3 is 14.6 Å². The molecule has 0 heterocycles. The first-order valence-electron chi connectivity index (χ1n) is 6.64. The molecule has 1 atom stereocenters. The van der Waals surface area contributed by atoms with Gasteiger partial charge in [0.2, 0.25) is 0 Å². The van der Waals surface area contributed by atoms with Crippen molar-refractivity contribution in [2.45, 2.75) is 20.0 Å². The summed E-state index contributed by atoms with van der Waals surface area (Å²) in [4.78, 5) is 0. The Morgan fingerprint density at radius 3 is 2.24 bits per heavy atom. The lowest BCUT2D eigenvalue weighted by atomic mass is 9.95. The van der Waals surface area contributed by atoms with Crippen molar-refractivity contribution < 1.29 is 19.0 Å². The van der Waals surface area contributed by atoms with Crippen molar-refractivity contribution in [2.24, 2.45) is 0 Å². The van der Waals surface area contributed by atoms with E-state index in [2.05, 4.69) is 0 Å². The fourth-order valence-electron chi connectivity index (χ4n) is 2.48. The Kier molecular flexibility index (Phi) is 4.48. The van der Waals surface area contributed by atoms with E-state index in [1.807, 2.05) is 26.0 Å². The van der Waals surface area contributed by atoms with E-state index < -0.39 is 11.9 Å². The summed E-state index contributed by atoms with van der Waals surface area (Å²) in [6.07, 6.45) is -0.957. The maximum atomic E-state index is 13.8. The van der Waals surface area contributed by atoms with Gasteiger partial charge in [-0.2, -0.15) is 0 Å². The summed E-state index contributed by atoms with van der Waals surface area (Å²) in [6.45, 7) is 3.85. The minimum absolute atomic E-state index is 0.151. The molecule has 0 aliphatic carbocycles. The largest absolute Gasteiger partial charge is 0.496 e. The minimum Gasteiger partial charge on any atom is -0.496 e. The second kappa shape index (κ2) is 6.14. The van der Waals surface area contributed by atoms with Gasteiger partial charge >= 0.3 is 0 Å². The Balaban J connectivity index is 2.49. The Hall–Kier alpha value is -2.07. The Morgan fingerprint density at radius 1 is 1.00 bits per heavy atom. The fraction of sp³-hybridized carbons (Fsp3) is 0.294. The van der Waals surface area contributed by atoms with E-state index >= 15 is 0 Å². The summed E-state index contributed by atoms with van der Waals surface area (Å²) in [7, 11) is 2.96. The topological polar surface area (TPSA) is 38.7 Å². The van der Waals surface area contributed by atoms with Gasteiger partial charge in [0.1, 0.15) is 11.9 Å². The molecule has 0 radical (unpaired) electrons. The fourth-order valence-corrected chi connectivity index (χ4v) is 2.48. The van der Waals surface area contributed by atoms with Crippen LogP contribution in [-0.2, 0) is 0 Å². The highest BCUT2D eigenvalue weighted by atomic mass is 19.1. The van der Waals surface area contributed by atoms with E-state index in [9.17, 15) is 9.50 Å². The average molecular weight is 290 g/mol. The highest BCUT2D eigenvalue weighted by molar-refractivity contribution is 5.48. The maximum Gasteiger partial charge on any atom is 0.165 e. The Labute approximate surface area is 124 Å². The van der Waals surface area contributed by atoms with Crippen LogP contribution in [0.25, 0.3) is 0 Å². The zero-order chi connectivity index (χ0) is 15.6. The van der Waals surface area contributed by atoms with Gasteiger partial charge in [0, 0.05) is 5.56 Å². The van der Waals surface area contributed by atoms with E-state index in [4.69, 9.17) is 9.47 Å². The van der Waals surface area contributed by atoms with Crippen molar-refractivity contribution in [3.05, 3.63) is 58.4 Å². The first kappa shape index (κ1) is 15.3. The summed E-state index contributed by atoms with van der Waals surface area (Å²) in [5.41, 5.74) is 3.04. The van der Waals surface area contributed by atoms with Crippen molar-refractivity contribution in [3.8, 4) is 11.5 Å². The monoisotopic (exact) mass is 290 g/mol. The zero-order valence-electron chi connectivity index (χ0n) is 12.6. The van der Waals surface area contributed by atoms with Crippen LogP contribution in [0, 0.1) is 19.7 Å². The molecule has 0 saturated heterocycles. The third-order valence-corrected chi connectivity index (χ3v) is 3.48. The highest BCUT2D eigenvalue weighted by Gasteiger charge is 2.19. The van der Waals surface area contributed by atoms with Crippen LogP contribution in [0.15, 0.2) is 30.3 Å². The first-order chi connectivity index (χ1) is 9.97. The van der Waals surface area contributed by atoms with Crippen LogP contribution in [0.5, 0.6) is 11.5 Å². The molecule has 0 aliphatic rings. The van der Waals surface area contributed by atoms with Crippen molar-refractivity contribution >= 4 is 0 Å². The Bertz CT molecular complexity index is 653. The molecule has 0 saturated carbocycles. The molecule has 0 aromatic heterocycles. The number of ether oxygens (including phenoxy) is 2. The summed E-state index contributed by atoms with van der Waals surface area (Å²) in [6, 6.07) is 8.24. The second-order valence-electron chi connectivity index (χ2n) is 4.99. The number of benzene rings is 2. The van der Waals surface area contributed by atoms with Crippen molar-refractivity contribution in [2.75, 3.05) is 14.2 Å². The summed E-state index contributed by atoms with van der Waals surface area (Å²) < 4.78 is 24.0. The molecule has 2 aromatic carbocycles. The minimum atomic E-state index is -0.957. The highest BCUT2D eigenvalue weighted by Crippen LogP contribution is 2.34. The smallest absolute Gasteiger partial charge is 0.165 e. The predicted octanol–water partition coefficient (Wildman–Crippen LogP) is 3.54. The molecular weight excluding hydrogens is 271 g/mol. The van der Waals surface area contributed by atoms with E-state index in [1.54, 1.807) is 13.2 Å². The molecule has 0 fully saturated rings. The SMILES string of the molecule is COc1ccc(C(O)c2c(C)cc(C)cc2OC)cc1F. The molecule has 21 heavy (non-hydrogen) atoms. The quantitative estimate of drug-likeness (QED) is 0.936. The third-order valence-electron chi connectivity index (χ3n) is 3.48. The number of hydrogen-bond acceptors (Lipinski definition) is 3. The van der Waals surface area contributed by atoms with Gasteiger partial charge in [-0.15, -0.1) is 0 Å². The molecule has 2 rings (SSSR count). The van der Waals surface area contributed by atoms with Crippen LogP contribution >= 0.6 is 0 Å². The van der Waals surface area contributed by atoms with Gasteiger partial charge in [-0.25, -0.2) is 4.39 Å². The molecule has 112 valence electrons. The molecule has 0 spiro atoms. The first-order valence-corrected chi connectivity index (χ1v) is 6.64. The van der Waals surface area contributed by atoms with Crippen molar-refractivity contribution in [1.29, 1.82) is 0 Å². The third kappa shape index (κ3) is 3.00. The van der Waals surface area contributed by atoms with E-state index in [-0.39, 0.29) is 5.75 Å². The Morgan fingerprint density at radius 2 is 1.67 bits per heavy atom. The molecule has 4 heteroatoms. The summed E-state index contributed by atoms with van der Waals surface area (Å²) >= 11 is 0. The summed E-state index contributed by atoms with van der Waals surface area (Å²) in [5, 5.41) is 10.6. The molecule has 1 N–H and O–H groups in total. The lowest BCUT2D eigenvalue weighted by Crippen LogP contribution is -2.06. The average Bonchev–Trinajstić information content (AvgIpc) is 2.45. The van der Waals surface area contributed by atoms with Crippen LogP contribution in [0.1, 0.15) is 28.4 Å². The normalized spacial score (nSPS) is 12.1. The number of hydrogen-bond donors (Lipinski definition) is 1. The number of methoxy groups -OCH3 is 2. The lowest BCUT2D eigenvalue weighted by Gasteiger charge is -2.19. The van der Waals surface area contributed by atoms with E-state index in [1.165, 1.54) is 19.2 Å². The molecule has 2 aromatic rings. The van der Waals surface area contributed by atoms with Crippen molar-refractivity contribution in [3.63, 3.8) is 0 Å². The van der Waals surface area contributed by atoms with Gasteiger partial charge in [0.25, 0.3) is 0 Å². The van der Waals surface area contributed by atoms with Crippen LogP contribution in [0.3, 0.4) is 0 Å². The predicted molar refractivity (Wildman–Crippen MR) is 79.5 cm³/mol. The maximum absolute atomic E-state index is 13.8. The molecule has 0 aliphatic heterocycles. The van der Waals surface area contributed by atoms with Gasteiger partial charge in [0.05, 0.1) is 14.2 Å². The zero-order valence-corrected chi connectivity index (χ0v) is 12.6.